The van der Waals surface area contributed by atoms with Crippen molar-refractivity contribution >= 4 is 75.9 Å². The molecule has 3 heterocycles. The normalized spacial score (nSPS) is 15.2. The van der Waals surface area contributed by atoms with Gasteiger partial charge in [-0.15, -0.1) is 22.7 Å². The number of Topliss-reactive ketones (excluding diaryl/α,β-unsaturated/α-hetero) is 1. The number of likely N-dealkylation sites (N-methyl/N-ethyl adjacent to an activating group) is 2. The summed E-state index contributed by atoms with van der Waals surface area (Å²) in [7, 11) is 1.49. The van der Waals surface area contributed by atoms with E-state index in [0.29, 0.717) is 5.56 Å². The molecule has 266 valence electrons. The van der Waals surface area contributed by atoms with E-state index in [1.807, 2.05) is 0 Å². The minimum atomic E-state index is -1.40. The molecule has 0 aliphatic carbocycles. The fourth-order valence-electron chi connectivity index (χ4n) is 4.23. The lowest BCUT2D eigenvalue weighted by atomic mass is 9.64. The van der Waals surface area contributed by atoms with Crippen molar-refractivity contribution in [3.63, 3.8) is 0 Å². The van der Waals surface area contributed by atoms with Gasteiger partial charge in [0.15, 0.2) is 16.6 Å². The molecule has 2 aromatic heterocycles. The molecule has 3 atom stereocenters. The third-order valence-corrected chi connectivity index (χ3v) is 8.27. The van der Waals surface area contributed by atoms with Crippen molar-refractivity contribution in [3.05, 3.63) is 56.5 Å². The minimum Gasteiger partial charge on any atom is -0.535 e. The van der Waals surface area contributed by atoms with Gasteiger partial charge < -0.3 is 45.9 Å². The van der Waals surface area contributed by atoms with Crippen molar-refractivity contribution in [3.8, 4) is 5.75 Å². The second kappa shape index (κ2) is 17.8. The maximum Gasteiger partial charge on any atom is 0.526 e. The zero-order valence-electron chi connectivity index (χ0n) is 27.4. The third kappa shape index (κ3) is 10.3. The summed E-state index contributed by atoms with van der Waals surface area (Å²) in [5.74, 6) is -4.36. The number of nitrogen functional groups attached to an aromatic ring is 1. The van der Waals surface area contributed by atoms with Gasteiger partial charge in [-0.05, 0) is 38.8 Å². The van der Waals surface area contributed by atoms with E-state index in [0.717, 1.165) is 16.3 Å². The van der Waals surface area contributed by atoms with Gasteiger partial charge in [0, 0.05) is 37.1 Å². The summed E-state index contributed by atoms with van der Waals surface area (Å²) < 4.78 is 5.44. The number of carbonyl (C=O) groups is 5. The number of aromatic carboxylic acids is 1. The molecule has 7 N–H and O–H groups in total. The topological polar surface area (TPSA) is 274 Å². The molecule has 4 rings (SSSR count). The van der Waals surface area contributed by atoms with Gasteiger partial charge in [0.1, 0.15) is 17.1 Å². The molecule has 21 heteroatoms. The SMILES string of the molecule is CNC(=O)C(C)O/N=C(\C(=O)C[C@H]1Cc2cccc(C(=O)O)c2OB1O)c1csc(N)n1.CNC(=O)C(C)O/N=C(\C(=O)O)c1csc(C)n1. The summed E-state index contributed by atoms with van der Waals surface area (Å²) in [6.07, 6.45) is -1.80. The van der Waals surface area contributed by atoms with Crippen LogP contribution in [0.15, 0.2) is 39.3 Å². The van der Waals surface area contributed by atoms with Crippen LogP contribution < -0.4 is 21.0 Å². The molecule has 0 saturated heterocycles. The van der Waals surface area contributed by atoms with Crippen LogP contribution in [0.3, 0.4) is 0 Å². The number of aryl methyl sites for hydroxylation is 1. The zero-order valence-corrected chi connectivity index (χ0v) is 29.0. The van der Waals surface area contributed by atoms with Gasteiger partial charge in [0.2, 0.25) is 17.9 Å². The molecule has 1 aliphatic rings. The molecule has 50 heavy (non-hydrogen) atoms. The van der Waals surface area contributed by atoms with Gasteiger partial charge in [0.05, 0.1) is 10.6 Å². The van der Waals surface area contributed by atoms with E-state index in [-0.39, 0.29) is 52.1 Å². The summed E-state index contributed by atoms with van der Waals surface area (Å²) in [6, 6.07) is 4.62. The lowest BCUT2D eigenvalue weighted by Crippen LogP contribution is -2.37. The first-order chi connectivity index (χ1) is 23.7. The highest BCUT2D eigenvalue weighted by Gasteiger charge is 2.39. The summed E-state index contributed by atoms with van der Waals surface area (Å²) in [4.78, 5) is 76.4. The maximum atomic E-state index is 13.1. The van der Waals surface area contributed by atoms with Crippen LogP contribution in [0.25, 0.3) is 0 Å². The summed E-state index contributed by atoms with van der Waals surface area (Å²) in [5.41, 5.74) is 6.09. The van der Waals surface area contributed by atoms with Gasteiger partial charge in [-0.25, -0.2) is 19.6 Å². The fourth-order valence-corrected chi connectivity index (χ4v) is 5.38. The van der Waals surface area contributed by atoms with E-state index in [1.54, 1.807) is 24.4 Å². The van der Waals surface area contributed by atoms with Crippen molar-refractivity contribution in [1.29, 1.82) is 0 Å². The third-order valence-electron chi connectivity index (χ3n) is 6.83. The minimum absolute atomic E-state index is 0.0666. The monoisotopic (exact) mass is 731 g/mol. The number of thiazole rings is 2. The van der Waals surface area contributed by atoms with Crippen LogP contribution in [0.2, 0.25) is 5.82 Å². The largest absolute Gasteiger partial charge is 0.535 e. The predicted molar refractivity (Wildman–Crippen MR) is 182 cm³/mol. The number of nitrogens with zero attached hydrogens (tertiary/aromatic N) is 4. The van der Waals surface area contributed by atoms with Crippen LogP contribution in [0.1, 0.15) is 52.6 Å². The Kier molecular flexibility index (Phi) is 13.9. The van der Waals surface area contributed by atoms with Crippen LogP contribution in [0.4, 0.5) is 5.13 Å². The first-order valence-corrected chi connectivity index (χ1v) is 16.4. The smallest absolute Gasteiger partial charge is 0.526 e. The molecular weight excluding hydrogens is 697 g/mol. The predicted octanol–water partition coefficient (Wildman–Crippen LogP) is 1.12. The molecule has 1 aliphatic heterocycles. The lowest BCUT2D eigenvalue weighted by molar-refractivity contribution is -0.133. The summed E-state index contributed by atoms with van der Waals surface area (Å²) >= 11 is 2.41. The number of carboxylic acid groups (broad SMARTS) is 2. The Balaban J connectivity index is 0.000000319. The Bertz CT molecular complexity index is 1800. The number of para-hydroxylation sites is 1. The average molecular weight is 732 g/mol. The molecule has 0 fully saturated rings. The number of benzene rings is 1. The van der Waals surface area contributed by atoms with E-state index in [4.69, 9.17) is 25.2 Å². The van der Waals surface area contributed by atoms with E-state index >= 15 is 0 Å². The van der Waals surface area contributed by atoms with Crippen molar-refractivity contribution in [2.24, 2.45) is 10.3 Å². The molecule has 2 amide bonds. The summed E-state index contributed by atoms with van der Waals surface area (Å²) in [5, 5.41) is 44.9. The Morgan fingerprint density at radius 1 is 1.00 bits per heavy atom. The van der Waals surface area contributed by atoms with Gasteiger partial charge >= 0.3 is 19.1 Å². The molecule has 0 bridgehead atoms. The van der Waals surface area contributed by atoms with Crippen molar-refractivity contribution in [2.45, 2.75) is 51.6 Å². The fraction of sp³-hybridized carbons (Fsp3) is 0.345. The number of ketones is 1. The Labute approximate surface area is 293 Å². The number of carbonyl (C=O) groups excluding carboxylic acids is 3. The number of hydrogen-bond acceptors (Lipinski definition) is 16. The number of nitrogens with two attached hydrogens (primary N) is 1. The van der Waals surface area contributed by atoms with Crippen LogP contribution in [-0.4, -0.2) is 99.6 Å². The first-order valence-electron chi connectivity index (χ1n) is 14.7. The number of fused-ring (bicyclic) bond motifs is 1. The van der Waals surface area contributed by atoms with E-state index < -0.39 is 54.7 Å². The van der Waals surface area contributed by atoms with E-state index in [2.05, 4.69) is 30.9 Å². The number of oxime groups is 2. The van der Waals surface area contributed by atoms with Gasteiger partial charge in [-0.3, -0.25) is 14.4 Å². The zero-order chi connectivity index (χ0) is 37.1. The molecule has 1 aromatic carbocycles. The maximum absolute atomic E-state index is 13.1. The lowest BCUT2D eigenvalue weighted by Gasteiger charge is -2.28. The van der Waals surface area contributed by atoms with E-state index in [1.165, 1.54) is 50.7 Å². The van der Waals surface area contributed by atoms with Crippen LogP contribution in [-0.2, 0) is 35.3 Å². The Hall–Kier alpha value is -5.41. The van der Waals surface area contributed by atoms with Crippen molar-refractivity contribution in [1.82, 2.24) is 20.6 Å². The van der Waals surface area contributed by atoms with E-state index in [9.17, 15) is 34.1 Å². The standard InChI is InChI=1S/C19H21BN4O7S.C10H13N3O4S/c1-9(17(26)22-2)31-24-15(13-8-32-19(21)23-13)14(25)7-11-6-10-4-3-5-12(18(27)28)16(10)30-20(11)29;1-5(9(14)11-3)17-13-8(10(15)16)7-4-18-6(2)12-7/h3-5,8-9,11,29H,6-7H2,1-2H3,(H2,21,23)(H,22,26)(H,27,28);4-5H,1-3H3,(H,11,14)(H,15,16)/b24-15-;13-8-/t9?,11-;/m1./s1. The average Bonchev–Trinajstić information content (AvgIpc) is 3.71. The molecule has 3 aromatic rings. The number of rotatable bonds is 13. The number of aliphatic carboxylic acids is 1. The van der Waals surface area contributed by atoms with Crippen molar-refractivity contribution in [2.75, 3.05) is 19.8 Å². The Morgan fingerprint density at radius 3 is 2.08 bits per heavy atom. The number of amides is 2. The second-order valence-electron chi connectivity index (χ2n) is 10.4. The van der Waals surface area contributed by atoms with Crippen molar-refractivity contribution < 1.29 is 53.5 Å². The van der Waals surface area contributed by atoms with Crippen LogP contribution >= 0.6 is 22.7 Å². The number of hydrogen-bond donors (Lipinski definition) is 6. The highest BCUT2D eigenvalue weighted by atomic mass is 32.1. The quantitative estimate of drug-likeness (QED) is 0.0817. The molecule has 18 nitrogen and oxygen atoms in total. The highest BCUT2D eigenvalue weighted by molar-refractivity contribution is 7.13. The number of carboxylic acids is 2. The molecule has 0 saturated carbocycles. The van der Waals surface area contributed by atoms with Gasteiger partial charge in [-0.1, -0.05) is 22.4 Å². The molecule has 0 radical (unpaired) electrons. The summed E-state index contributed by atoms with van der Waals surface area (Å²) in [6.45, 7) is 4.69. The van der Waals surface area contributed by atoms with Crippen LogP contribution in [0.5, 0.6) is 5.75 Å². The number of aromatic nitrogens is 2. The number of anilines is 1. The first kappa shape index (κ1) is 39.0. The molecule has 0 spiro atoms. The van der Waals surface area contributed by atoms with Crippen LogP contribution in [0, 0.1) is 6.92 Å². The van der Waals surface area contributed by atoms with Gasteiger partial charge in [-0.2, -0.15) is 0 Å². The molecular formula is C29H34BN7O11S2. The molecule has 2 unspecified atom stereocenters. The number of nitrogens with one attached hydrogen (secondary N) is 2. The Morgan fingerprint density at radius 2 is 1.58 bits per heavy atom. The second-order valence-corrected chi connectivity index (χ2v) is 12.4. The highest BCUT2D eigenvalue weighted by Crippen LogP contribution is 2.36. The van der Waals surface area contributed by atoms with Gasteiger partial charge in [0.25, 0.3) is 11.8 Å².